The molecule has 0 aliphatic carbocycles. The van der Waals surface area contributed by atoms with E-state index in [9.17, 15) is 38.2 Å². The Morgan fingerprint density at radius 1 is 0.611 bits per heavy atom. The minimum atomic E-state index is -1.14. The maximum atomic E-state index is 13.9. The van der Waals surface area contributed by atoms with E-state index in [1.165, 1.54) is 40.3 Å². The third kappa shape index (κ3) is 8.79. The van der Waals surface area contributed by atoms with Crippen LogP contribution in [0.3, 0.4) is 0 Å². The Bertz CT molecular complexity index is 3510. The number of carbonyl (C=O) groups excluding carboxylic acids is 3. The van der Waals surface area contributed by atoms with Crippen molar-refractivity contribution >= 4 is 51.3 Å². The number of ether oxygens (including phenoxy) is 1. The fourth-order valence-corrected chi connectivity index (χ4v) is 9.30. The average Bonchev–Trinajstić information content (AvgIpc) is 3.90. The number of aromatic hydroxyl groups is 1. The zero-order chi connectivity index (χ0) is 50.0. The first-order chi connectivity index (χ1) is 35.0. The molecule has 9 aromatic rings. The summed E-state index contributed by atoms with van der Waals surface area (Å²) in [6, 6.07) is 43.0. The first-order valence-electron chi connectivity index (χ1n) is 22.8. The number of fused-ring (bicyclic) bond motifs is 4. The van der Waals surface area contributed by atoms with Gasteiger partial charge in [0.25, 0.3) is 17.7 Å². The molecular formula is C57H42F2N6O7. The number of anilines is 1. The van der Waals surface area contributed by atoms with E-state index in [0.29, 0.717) is 38.8 Å². The molecule has 3 aromatic heterocycles. The highest BCUT2D eigenvalue weighted by molar-refractivity contribution is 6.19. The number of benzene rings is 6. The third-order valence-electron chi connectivity index (χ3n) is 12.7. The van der Waals surface area contributed by atoms with Gasteiger partial charge in [-0.15, -0.1) is 0 Å². The van der Waals surface area contributed by atoms with Crippen LogP contribution in [0.2, 0.25) is 0 Å². The molecule has 15 heteroatoms. The molecule has 3 amide bonds. The molecule has 0 atom stereocenters. The van der Waals surface area contributed by atoms with E-state index in [-0.39, 0.29) is 83.3 Å². The lowest BCUT2D eigenvalue weighted by atomic mass is 9.95. The number of nitrogens with zero attached hydrogens (tertiary/aromatic N) is 6. The Morgan fingerprint density at radius 3 is 1.62 bits per heavy atom. The number of hydrogen-bond acceptors (Lipinski definition) is 9. The summed E-state index contributed by atoms with van der Waals surface area (Å²) in [6.45, 7) is 0.606. The van der Waals surface area contributed by atoms with E-state index in [4.69, 9.17) is 4.74 Å². The van der Waals surface area contributed by atoms with Crippen molar-refractivity contribution in [3.8, 4) is 11.5 Å². The van der Waals surface area contributed by atoms with Crippen LogP contribution in [0.1, 0.15) is 80.9 Å². The lowest BCUT2D eigenvalue weighted by molar-refractivity contribution is 0.0692. The molecule has 0 spiro atoms. The van der Waals surface area contributed by atoms with Gasteiger partial charge in [-0.2, -0.15) is 0 Å². The van der Waals surface area contributed by atoms with Crippen LogP contribution in [0.4, 0.5) is 14.6 Å². The number of hydrogen-bond donors (Lipinski definition) is 2. The minimum Gasteiger partial charge on any atom is -0.505 e. The van der Waals surface area contributed by atoms with Crippen LogP contribution < -0.4 is 9.64 Å². The summed E-state index contributed by atoms with van der Waals surface area (Å²) >= 11 is 0. The Morgan fingerprint density at radius 2 is 1.10 bits per heavy atom. The lowest BCUT2D eigenvalue weighted by Crippen LogP contribution is -2.28. The highest BCUT2D eigenvalue weighted by atomic mass is 19.1. The number of phenolic OH excluding ortho intramolecular Hbond substituents is 1. The summed E-state index contributed by atoms with van der Waals surface area (Å²) in [6.07, 6.45) is 4.08. The second kappa shape index (κ2) is 19.6. The minimum absolute atomic E-state index is 0.0337. The van der Waals surface area contributed by atoms with Crippen molar-refractivity contribution in [2.45, 2.75) is 32.3 Å². The van der Waals surface area contributed by atoms with Gasteiger partial charge in [-0.1, -0.05) is 103 Å². The van der Waals surface area contributed by atoms with Crippen LogP contribution in [0, 0.1) is 11.6 Å². The van der Waals surface area contributed by atoms with Gasteiger partial charge in [0.1, 0.15) is 34.6 Å². The molecule has 13 nitrogen and oxygen atoms in total. The number of phenols is 1. The van der Waals surface area contributed by atoms with Crippen LogP contribution in [-0.4, -0.2) is 65.7 Å². The number of aromatic carboxylic acids is 1. The summed E-state index contributed by atoms with van der Waals surface area (Å²) in [5.74, 6) is -2.56. The molecule has 2 N–H and O–H groups in total. The monoisotopic (exact) mass is 960 g/mol. The molecule has 0 saturated heterocycles. The quantitative estimate of drug-likeness (QED) is 0.127. The van der Waals surface area contributed by atoms with Crippen molar-refractivity contribution in [3.05, 3.63) is 238 Å². The third-order valence-corrected chi connectivity index (χ3v) is 12.7. The number of carboxylic acid groups (broad SMARTS) is 1. The van der Waals surface area contributed by atoms with Gasteiger partial charge in [0.15, 0.2) is 11.5 Å². The number of rotatable bonds is 11. The largest absolute Gasteiger partial charge is 0.505 e. The van der Waals surface area contributed by atoms with Crippen molar-refractivity contribution in [3.63, 3.8) is 0 Å². The van der Waals surface area contributed by atoms with Crippen molar-refractivity contribution < 1.29 is 42.9 Å². The van der Waals surface area contributed by atoms with E-state index in [1.54, 1.807) is 91.1 Å². The zero-order valence-corrected chi connectivity index (χ0v) is 38.4. The molecular weight excluding hydrogens is 919 g/mol. The summed E-state index contributed by atoms with van der Waals surface area (Å²) in [5, 5.41) is 22.0. The standard InChI is InChI=1S/C32H23FN2O4.C25H19FN4O3/c33-23-15-13-20(14-16-23)18-35-19-25-26(32(37)38)24-12-7-17-34-28(24)30(27(25)31(35)36)39-29(21-8-3-1-4-9-21)22-10-5-2-6-11-22;1-29(19-6-2-3-11-27-19)24(32)20-17-5-4-12-28-22(17)23(31)21-18(20)14-30(25(21)33)13-15-7-9-16(26)10-8-15/h1-17,29H,18-19H2,(H,37,38);2-12,31H,13-14H2,1H3. The molecule has 0 unspecified atom stereocenters. The number of aromatic nitrogens is 3. The van der Waals surface area contributed by atoms with Gasteiger partial charge in [0.2, 0.25) is 0 Å². The topological polar surface area (TPSA) is 166 Å². The predicted octanol–water partition coefficient (Wildman–Crippen LogP) is 10.3. The first-order valence-corrected chi connectivity index (χ1v) is 22.8. The second-order valence-electron chi connectivity index (χ2n) is 17.2. The molecule has 0 bridgehead atoms. The van der Waals surface area contributed by atoms with Crippen molar-refractivity contribution in [1.82, 2.24) is 24.8 Å². The Balaban J connectivity index is 0.000000168. The summed E-state index contributed by atoms with van der Waals surface area (Å²) in [7, 11) is 1.61. The molecule has 356 valence electrons. The van der Waals surface area contributed by atoms with E-state index < -0.39 is 18.0 Å². The Labute approximate surface area is 410 Å². The van der Waals surface area contributed by atoms with E-state index >= 15 is 0 Å². The number of pyridine rings is 3. The molecule has 2 aliphatic rings. The van der Waals surface area contributed by atoms with Gasteiger partial charge < -0.3 is 24.7 Å². The van der Waals surface area contributed by atoms with Crippen LogP contribution in [0.25, 0.3) is 21.8 Å². The van der Waals surface area contributed by atoms with Gasteiger partial charge >= 0.3 is 5.97 Å². The summed E-state index contributed by atoms with van der Waals surface area (Å²) in [4.78, 5) is 70.8. The maximum absolute atomic E-state index is 13.9. The van der Waals surface area contributed by atoms with Crippen LogP contribution >= 0.6 is 0 Å². The summed E-state index contributed by atoms with van der Waals surface area (Å²) in [5.41, 5.74) is 5.12. The Kier molecular flexibility index (Phi) is 12.6. The molecule has 11 rings (SSSR count). The van der Waals surface area contributed by atoms with Crippen molar-refractivity contribution in [1.29, 1.82) is 0 Å². The molecule has 0 saturated carbocycles. The van der Waals surface area contributed by atoms with E-state index in [2.05, 4.69) is 15.0 Å². The fourth-order valence-electron chi connectivity index (χ4n) is 9.30. The molecule has 5 heterocycles. The van der Waals surface area contributed by atoms with Gasteiger partial charge in [-0.05, 0) is 70.8 Å². The van der Waals surface area contributed by atoms with Crippen LogP contribution in [0.5, 0.6) is 11.5 Å². The van der Waals surface area contributed by atoms with Gasteiger partial charge in [-0.3, -0.25) is 29.3 Å². The molecule has 0 radical (unpaired) electrons. The highest BCUT2D eigenvalue weighted by Crippen LogP contribution is 2.44. The van der Waals surface area contributed by atoms with Crippen LogP contribution in [-0.2, 0) is 26.2 Å². The molecule has 0 fully saturated rings. The van der Waals surface area contributed by atoms with Crippen molar-refractivity contribution in [2.24, 2.45) is 0 Å². The SMILES string of the molecule is CN(C(=O)c1c2c(c(O)c3ncccc13)C(=O)N(Cc1ccc(F)cc1)C2)c1ccccn1.O=C(O)c1c2c(c(OC(c3ccccc3)c3ccccc3)c3ncccc13)C(=O)N(Cc1ccc(F)cc1)C2. The maximum Gasteiger partial charge on any atom is 0.336 e. The van der Waals surface area contributed by atoms with Gasteiger partial charge in [-0.25, -0.2) is 18.6 Å². The summed E-state index contributed by atoms with van der Waals surface area (Å²) < 4.78 is 33.5. The predicted molar refractivity (Wildman–Crippen MR) is 264 cm³/mol. The fraction of sp³-hybridized carbons (Fsp3) is 0.105. The Hall–Kier alpha value is -9.37. The average molecular weight is 961 g/mol. The van der Waals surface area contributed by atoms with Crippen molar-refractivity contribution in [2.75, 3.05) is 11.9 Å². The zero-order valence-electron chi connectivity index (χ0n) is 38.4. The molecule has 72 heavy (non-hydrogen) atoms. The number of halogens is 2. The van der Waals surface area contributed by atoms with E-state index in [0.717, 1.165) is 22.3 Å². The normalized spacial score (nSPS) is 12.7. The second-order valence-corrected chi connectivity index (χ2v) is 17.2. The highest BCUT2D eigenvalue weighted by Gasteiger charge is 2.40. The molecule has 6 aromatic carbocycles. The van der Waals surface area contributed by atoms with Crippen LogP contribution in [0.15, 0.2) is 170 Å². The smallest absolute Gasteiger partial charge is 0.336 e. The molecule has 2 aliphatic heterocycles. The number of carbonyl (C=O) groups is 4. The lowest BCUT2D eigenvalue weighted by Gasteiger charge is -2.23. The number of amides is 3. The van der Waals surface area contributed by atoms with Gasteiger partial charge in [0, 0.05) is 73.7 Å². The number of carboxylic acids is 1. The van der Waals surface area contributed by atoms with E-state index in [1.807, 2.05) is 60.7 Å². The first kappa shape index (κ1) is 46.4. The van der Waals surface area contributed by atoms with Gasteiger partial charge in [0.05, 0.1) is 22.3 Å².